The van der Waals surface area contributed by atoms with Gasteiger partial charge in [0.25, 0.3) is 5.78 Å². The second kappa shape index (κ2) is 7.13. The van der Waals surface area contributed by atoms with E-state index < -0.39 is 23.4 Å². The second-order valence-electron chi connectivity index (χ2n) is 4.19. The third-order valence-corrected chi connectivity index (χ3v) is 3.84. The summed E-state index contributed by atoms with van der Waals surface area (Å²) < 4.78 is 31.7. The maximum Gasteiger partial charge on any atom is 0.379 e. The van der Waals surface area contributed by atoms with Crippen molar-refractivity contribution < 1.29 is 23.1 Å². The Kier molecular flexibility index (Phi) is 5.21. The van der Waals surface area contributed by atoms with Crippen molar-refractivity contribution in [2.24, 2.45) is 0 Å². The minimum atomic E-state index is -1.15. The lowest BCUT2D eigenvalue weighted by atomic mass is 10.0. The highest BCUT2D eigenvalue weighted by atomic mass is 32.2. The minimum Gasteiger partial charge on any atom is -0.463 e. The number of hydrogen-bond acceptors (Lipinski definition) is 5. The molecule has 0 N–H and O–H groups in total. The maximum absolute atomic E-state index is 14.0. The number of esters is 1. The molecule has 0 atom stereocenters. The molecule has 22 heavy (non-hydrogen) atoms. The van der Waals surface area contributed by atoms with Crippen molar-refractivity contribution in [1.82, 2.24) is 4.98 Å². The van der Waals surface area contributed by atoms with E-state index in [1.807, 2.05) is 0 Å². The third kappa shape index (κ3) is 3.48. The topological polar surface area (TPSA) is 56.3 Å². The predicted molar refractivity (Wildman–Crippen MR) is 76.5 cm³/mol. The number of nitrogens with zero attached hydrogens (tertiary/aromatic N) is 1. The van der Waals surface area contributed by atoms with Gasteiger partial charge in [-0.2, -0.15) is 0 Å². The van der Waals surface area contributed by atoms with Gasteiger partial charge in [0.15, 0.2) is 11.6 Å². The number of ketones is 1. The van der Waals surface area contributed by atoms with Gasteiger partial charge in [-0.1, -0.05) is 0 Å². The van der Waals surface area contributed by atoms with Crippen LogP contribution in [0.1, 0.15) is 15.9 Å². The molecule has 1 heterocycles. The first-order valence-electron chi connectivity index (χ1n) is 6.17. The monoisotopic (exact) mass is 323 g/mol. The van der Waals surface area contributed by atoms with Gasteiger partial charge in [-0.3, -0.25) is 9.78 Å². The molecule has 0 aliphatic carbocycles. The number of halogens is 2. The number of rotatable bonds is 5. The second-order valence-corrected chi connectivity index (χ2v) is 5.23. The highest BCUT2D eigenvalue weighted by Crippen LogP contribution is 2.27. The Hall–Kier alpha value is -2.28. The summed E-state index contributed by atoms with van der Waals surface area (Å²) in [5.74, 6) is -4.39. The van der Waals surface area contributed by atoms with Crippen molar-refractivity contribution in [3.63, 3.8) is 0 Å². The van der Waals surface area contributed by atoms with Crippen LogP contribution in [-0.2, 0) is 15.3 Å². The van der Waals surface area contributed by atoms with E-state index >= 15 is 0 Å². The minimum absolute atomic E-state index is 0.0205. The zero-order chi connectivity index (χ0) is 16.1. The van der Waals surface area contributed by atoms with Gasteiger partial charge < -0.3 is 4.74 Å². The average Bonchev–Trinajstić information content (AvgIpc) is 2.55. The van der Waals surface area contributed by atoms with Gasteiger partial charge in [-0.05, 0) is 24.3 Å². The SMILES string of the molecule is COC(=O)C(=O)c1ccc(F)c(F)c1CSc1cccnc1. The fraction of sp³-hybridized carbons (Fsp3) is 0.133. The molecular weight excluding hydrogens is 312 g/mol. The molecule has 0 bridgehead atoms. The summed E-state index contributed by atoms with van der Waals surface area (Å²) in [4.78, 5) is 27.8. The van der Waals surface area contributed by atoms with Crippen LogP contribution in [0.2, 0.25) is 0 Å². The summed E-state index contributed by atoms with van der Waals surface area (Å²) in [6, 6.07) is 5.34. The first-order valence-corrected chi connectivity index (χ1v) is 7.15. The summed E-state index contributed by atoms with van der Waals surface area (Å²) in [7, 11) is 1.05. The van der Waals surface area contributed by atoms with Gasteiger partial charge in [0.2, 0.25) is 0 Å². The van der Waals surface area contributed by atoms with Crippen LogP contribution in [0, 0.1) is 11.6 Å². The van der Waals surface area contributed by atoms with Crippen molar-refractivity contribution >= 4 is 23.5 Å². The predicted octanol–water partition coefficient (Wildman–Crippen LogP) is 3.01. The summed E-state index contributed by atoms with van der Waals surface area (Å²) in [6.45, 7) is 0. The maximum atomic E-state index is 14.0. The molecule has 114 valence electrons. The van der Waals surface area contributed by atoms with Crippen LogP contribution in [0.4, 0.5) is 8.78 Å². The van der Waals surface area contributed by atoms with Crippen LogP contribution in [0.25, 0.3) is 0 Å². The molecule has 0 saturated heterocycles. The zero-order valence-electron chi connectivity index (χ0n) is 11.5. The van der Waals surface area contributed by atoms with Gasteiger partial charge in [0, 0.05) is 34.2 Å². The first kappa shape index (κ1) is 16.1. The molecule has 0 fully saturated rings. The Morgan fingerprint density at radius 3 is 2.68 bits per heavy atom. The Bertz CT molecular complexity index is 707. The summed E-state index contributed by atoms with van der Waals surface area (Å²) in [5, 5.41) is 0. The molecule has 0 aliphatic rings. The van der Waals surface area contributed by atoms with Crippen LogP contribution >= 0.6 is 11.8 Å². The van der Waals surface area contributed by atoms with E-state index in [0.717, 1.165) is 24.1 Å². The van der Waals surface area contributed by atoms with E-state index in [9.17, 15) is 18.4 Å². The zero-order valence-corrected chi connectivity index (χ0v) is 12.3. The van der Waals surface area contributed by atoms with Crippen LogP contribution < -0.4 is 0 Å². The van der Waals surface area contributed by atoms with Crippen molar-refractivity contribution in [2.75, 3.05) is 7.11 Å². The number of pyridine rings is 1. The van der Waals surface area contributed by atoms with Crippen LogP contribution in [0.3, 0.4) is 0 Å². The highest BCUT2D eigenvalue weighted by Gasteiger charge is 2.24. The molecule has 1 aromatic carbocycles. The lowest BCUT2D eigenvalue weighted by Gasteiger charge is -2.09. The van der Waals surface area contributed by atoms with Crippen molar-refractivity contribution in [2.45, 2.75) is 10.6 Å². The number of carbonyl (C=O) groups excluding carboxylic acids is 2. The number of Topliss-reactive ketones (excluding diaryl/α,β-unsaturated/α-hetero) is 1. The number of benzene rings is 1. The molecule has 1 aromatic heterocycles. The summed E-state index contributed by atoms with van der Waals surface area (Å²) in [5.41, 5.74) is -0.383. The van der Waals surface area contributed by atoms with Gasteiger partial charge in [-0.25, -0.2) is 13.6 Å². The lowest BCUT2D eigenvalue weighted by molar-refractivity contribution is -0.135. The Labute approximate surface area is 129 Å². The van der Waals surface area contributed by atoms with Gasteiger partial charge in [0.05, 0.1) is 7.11 Å². The summed E-state index contributed by atoms with van der Waals surface area (Å²) >= 11 is 1.17. The van der Waals surface area contributed by atoms with E-state index in [4.69, 9.17) is 0 Å². The summed E-state index contributed by atoms with van der Waals surface area (Å²) in [6.07, 6.45) is 3.14. The number of ether oxygens (including phenoxy) is 1. The number of methoxy groups -OCH3 is 1. The number of carbonyl (C=O) groups is 2. The van der Waals surface area contributed by atoms with Crippen molar-refractivity contribution in [3.8, 4) is 0 Å². The number of aromatic nitrogens is 1. The van der Waals surface area contributed by atoms with E-state index in [1.54, 1.807) is 24.5 Å². The van der Waals surface area contributed by atoms with Crippen LogP contribution in [0.5, 0.6) is 0 Å². The van der Waals surface area contributed by atoms with Gasteiger partial charge >= 0.3 is 5.97 Å². The first-order chi connectivity index (χ1) is 10.5. The lowest BCUT2D eigenvalue weighted by Crippen LogP contribution is -2.18. The number of thioether (sulfide) groups is 1. The van der Waals surface area contributed by atoms with Crippen molar-refractivity contribution in [1.29, 1.82) is 0 Å². The molecule has 0 radical (unpaired) electrons. The fourth-order valence-corrected chi connectivity index (χ4v) is 2.64. The molecule has 0 aliphatic heterocycles. The molecule has 0 amide bonds. The van der Waals surface area contributed by atoms with E-state index in [2.05, 4.69) is 9.72 Å². The van der Waals surface area contributed by atoms with Gasteiger partial charge in [-0.15, -0.1) is 11.8 Å². The Morgan fingerprint density at radius 2 is 2.05 bits per heavy atom. The molecular formula is C15H11F2NO3S. The third-order valence-electron chi connectivity index (χ3n) is 2.83. The molecule has 0 spiro atoms. The number of hydrogen-bond donors (Lipinski definition) is 0. The average molecular weight is 323 g/mol. The molecule has 0 unspecified atom stereocenters. The van der Waals surface area contributed by atoms with Crippen LogP contribution in [0.15, 0.2) is 41.6 Å². The van der Waals surface area contributed by atoms with Gasteiger partial charge in [0.1, 0.15) is 0 Å². The molecule has 2 aromatic rings. The Balaban J connectivity index is 2.33. The highest BCUT2D eigenvalue weighted by molar-refractivity contribution is 7.98. The normalized spacial score (nSPS) is 10.3. The molecule has 0 saturated carbocycles. The fourth-order valence-electron chi connectivity index (χ4n) is 1.74. The quantitative estimate of drug-likeness (QED) is 0.366. The molecule has 4 nitrogen and oxygen atoms in total. The van der Waals surface area contributed by atoms with Crippen LogP contribution in [-0.4, -0.2) is 23.8 Å². The largest absolute Gasteiger partial charge is 0.463 e. The van der Waals surface area contributed by atoms with E-state index in [0.29, 0.717) is 0 Å². The van der Waals surface area contributed by atoms with E-state index in [-0.39, 0.29) is 16.9 Å². The molecule has 7 heteroatoms. The molecule has 2 rings (SSSR count). The van der Waals surface area contributed by atoms with Crippen molar-refractivity contribution in [3.05, 3.63) is 59.4 Å². The van der Waals surface area contributed by atoms with E-state index in [1.165, 1.54) is 11.8 Å². The standard InChI is InChI=1S/C15H11F2NO3S/c1-21-15(20)14(19)10-4-5-12(16)13(17)11(10)8-22-9-3-2-6-18-7-9/h2-7H,8H2,1H3. The Morgan fingerprint density at radius 1 is 1.27 bits per heavy atom. The smallest absolute Gasteiger partial charge is 0.379 e.